The molecule has 1 spiro atoms. The zero-order valence-electron chi connectivity index (χ0n) is 9.34. The van der Waals surface area contributed by atoms with Gasteiger partial charge < -0.3 is 0 Å². The maximum Gasteiger partial charge on any atom is 0.230 e. The zero-order chi connectivity index (χ0) is 10.9. The molecule has 2 rings (SSSR count). The predicted molar refractivity (Wildman–Crippen MR) is 57.1 cm³/mol. The Kier molecular flexibility index (Phi) is 2.81. The summed E-state index contributed by atoms with van der Waals surface area (Å²) < 4.78 is 0. The molecule has 84 valence electrons. The van der Waals surface area contributed by atoms with Gasteiger partial charge in [-0.3, -0.25) is 14.9 Å². The van der Waals surface area contributed by atoms with Gasteiger partial charge in [-0.2, -0.15) is 0 Å². The van der Waals surface area contributed by atoms with Gasteiger partial charge in [-0.15, -0.1) is 0 Å². The normalized spacial score (nSPS) is 29.5. The molecular weight excluding hydrogens is 190 g/mol. The molecule has 3 nitrogen and oxygen atoms in total. The molecule has 0 aromatic rings. The van der Waals surface area contributed by atoms with Crippen LogP contribution in [-0.2, 0) is 9.59 Å². The second kappa shape index (κ2) is 3.95. The van der Waals surface area contributed by atoms with Crippen molar-refractivity contribution in [3.63, 3.8) is 0 Å². The summed E-state index contributed by atoms with van der Waals surface area (Å²) in [6.45, 7) is 2.10. The summed E-state index contributed by atoms with van der Waals surface area (Å²) >= 11 is 0. The second-order valence-corrected chi connectivity index (χ2v) is 5.00. The summed E-state index contributed by atoms with van der Waals surface area (Å²) in [5.41, 5.74) is 0.0232. The molecule has 1 saturated heterocycles. The first-order chi connectivity index (χ1) is 7.18. The third kappa shape index (κ3) is 1.80. The summed E-state index contributed by atoms with van der Waals surface area (Å²) in [6.07, 6.45) is 7.02. The second-order valence-electron chi connectivity index (χ2n) is 5.00. The molecule has 2 fully saturated rings. The Hall–Kier alpha value is -0.860. The molecule has 0 bridgehead atoms. The van der Waals surface area contributed by atoms with E-state index in [-0.39, 0.29) is 23.1 Å². The maximum absolute atomic E-state index is 11.8. The standard InChI is InChI=1S/C12H19NO2/c1-2-5-9-11(15)13-10(14)8-12(9)6-3-4-7-12/h9H,2-8H2,1H3,(H,13,14,15). The van der Waals surface area contributed by atoms with Gasteiger partial charge in [-0.05, 0) is 24.7 Å². The average Bonchev–Trinajstić information content (AvgIpc) is 2.61. The maximum atomic E-state index is 11.8. The number of nitrogens with one attached hydrogen (secondary N) is 1. The highest BCUT2D eigenvalue weighted by atomic mass is 16.2. The molecule has 1 atom stereocenters. The van der Waals surface area contributed by atoms with Crippen molar-refractivity contribution in [1.82, 2.24) is 5.32 Å². The Bertz CT molecular complexity index is 279. The van der Waals surface area contributed by atoms with Crippen LogP contribution in [-0.4, -0.2) is 11.8 Å². The molecule has 15 heavy (non-hydrogen) atoms. The number of imide groups is 1. The lowest BCUT2D eigenvalue weighted by Crippen LogP contribution is -2.51. The Morgan fingerprint density at radius 1 is 1.33 bits per heavy atom. The fraction of sp³-hybridized carbons (Fsp3) is 0.833. The van der Waals surface area contributed by atoms with Crippen LogP contribution < -0.4 is 5.32 Å². The van der Waals surface area contributed by atoms with Crippen molar-refractivity contribution in [2.75, 3.05) is 0 Å². The first-order valence-corrected chi connectivity index (χ1v) is 6.02. The van der Waals surface area contributed by atoms with E-state index >= 15 is 0 Å². The van der Waals surface area contributed by atoms with Crippen LogP contribution in [0.2, 0.25) is 0 Å². The monoisotopic (exact) mass is 209 g/mol. The average molecular weight is 209 g/mol. The lowest BCUT2D eigenvalue weighted by Gasteiger charge is -2.39. The number of carbonyl (C=O) groups excluding carboxylic acids is 2. The first kappa shape index (κ1) is 10.7. The van der Waals surface area contributed by atoms with Crippen molar-refractivity contribution in [3.8, 4) is 0 Å². The quantitative estimate of drug-likeness (QED) is 0.707. The van der Waals surface area contributed by atoms with Gasteiger partial charge in [0.25, 0.3) is 0 Å². The molecule has 0 aromatic carbocycles. The van der Waals surface area contributed by atoms with Crippen LogP contribution in [0.5, 0.6) is 0 Å². The third-order valence-electron chi connectivity index (χ3n) is 4.01. The predicted octanol–water partition coefficient (Wildman–Crippen LogP) is 2.01. The topological polar surface area (TPSA) is 46.2 Å². The minimum atomic E-state index is -0.0609. The van der Waals surface area contributed by atoms with Crippen LogP contribution in [0.15, 0.2) is 0 Å². The molecule has 0 aromatic heterocycles. The van der Waals surface area contributed by atoms with E-state index in [1.165, 1.54) is 12.8 Å². The molecule has 1 aliphatic carbocycles. The van der Waals surface area contributed by atoms with Crippen LogP contribution in [0.3, 0.4) is 0 Å². The summed E-state index contributed by atoms with van der Waals surface area (Å²) in [4.78, 5) is 23.3. The molecule has 1 heterocycles. The smallest absolute Gasteiger partial charge is 0.230 e. The molecule has 2 aliphatic rings. The van der Waals surface area contributed by atoms with Gasteiger partial charge in [0.1, 0.15) is 0 Å². The minimum absolute atomic E-state index is 0.0185. The van der Waals surface area contributed by atoms with E-state index in [1.807, 2.05) is 0 Å². The lowest BCUT2D eigenvalue weighted by atomic mass is 9.67. The molecule has 1 aliphatic heterocycles. The number of carbonyl (C=O) groups is 2. The van der Waals surface area contributed by atoms with Crippen molar-refractivity contribution in [3.05, 3.63) is 0 Å². The van der Waals surface area contributed by atoms with Gasteiger partial charge in [0.2, 0.25) is 11.8 Å². The van der Waals surface area contributed by atoms with Crippen LogP contribution in [0.4, 0.5) is 0 Å². The van der Waals surface area contributed by atoms with Crippen LogP contribution in [0.1, 0.15) is 51.9 Å². The van der Waals surface area contributed by atoms with E-state index in [9.17, 15) is 9.59 Å². The Labute approximate surface area is 90.6 Å². The summed E-state index contributed by atoms with van der Waals surface area (Å²) in [7, 11) is 0. The molecule has 3 heteroatoms. The number of rotatable bonds is 2. The van der Waals surface area contributed by atoms with Gasteiger partial charge in [0.15, 0.2) is 0 Å². The van der Waals surface area contributed by atoms with Crippen LogP contribution in [0, 0.1) is 11.3 Å². The van der Waals surface area contributed by atoms with Crippen molar-refractivity contribution >= 4 is 11.8 Å². The lowest BCUT2D eigenvalue weighted by molar-refractivity contribution is -0.143. The molecule has 1 saturated carbocycles. The highest BCUT2D eigenvalue weighted by Gasteiger charge is 2.48. The molecule has 2 amide bonds. The Morgan fingerprint density at radius 2 is 2.00 bits per heavy atom. The molecular formula is C12H19NO2. The summed E-state index contributed by atoms with van der Waals surface area (Å²) in [6, 6.07) is 0. The van der Waals surface area contributed by atoms with Crippen LogP contribution >= 0.6 is 0 Å². The van der Waals surface area contributed by atoms with Crippen molar-refractivity contribution in [2.24, 2.45) is 11.3 Å². The van der Waals surface area contributed by atoms with Crippen molar-refractivity contribution in [2.45, 2.75) is 51.9 Å². The van der Waals surface area contributed by atoms with E-state index in [1.54, 1.807) is 0 Å². The number of piperidine rings is 1. The van der Waals surface area contributed by atoms with Crippen LogP contribution in [0.25, 0.3) is 0 Å². The highest BCUT2D eigenvalue weighted by molar-refractivity contribution is 5.99. The SMILES string of the molecule is CCCC1C(=O)NC(=O)CC12CCCC2. The van der Waals surface area contributed by atoms with E-state index in [2.05, 4.69) is 12.2 Å². The number of amides is 2. The van der Waals surface area contributed by atoms with E-state index in [0.717, 1.165) is 25.7 Å². The van der Waals surface area contributed by atoms with Gasteiger partial charge in [0, 0.05) is 12.3 Å². The molecule has 1 N–H and O–H groups in total. The fourth-order valence-electron chi connectivity index (χ4n) is 3.32. The Balaban J connectivity index is 2.22. The van der Waals surface area contributed by atoms with Gasteiger partial charge in [0.05, 0.1) is 0 Å². The fourth-order valence-corrected chi connectivity index (χ4v) is 3.32. The molecule has 1 unspecified atom stereocenters. The summed E-state index contributed by atoms with van der Waals surface area (Å²) in [5.74, 6) is 0.00644. The van der Waals surface area contributed by atoms with E-state index in [0.29, 0.717) is 6.42 Å². The van der Waals surface area contributed by atoms with Crippen molar-refractivity contribution in [1.29, 1.82) is 0 Å². The largest absolute Gasteiger partial charge is 0.296 e. The molecule has 0 radical (unpaired) electrons. The van der Waals surface area contributed by atoms with Gasteiger partial charge >= 0.3 is 0 Å². The van der Waals surface area contributed by atoms with Gasteiger partial charge in [-0.1, -0.05) is 26.2 Å². The number of hydrogen-bond donors (Lipinski definition) is 1. The zero-order valence-corrected chi connectivity index (χ0v) is 9.34. The van der Waals surface area contributed by atoms with Gasteiger partial charge in [-0.25, -0.2) is 0 Å². The minimum Gasteiger partial charge on any atom is -0.296 e. The number of hydrogen-bond acceptors (Lipinski definition) is 2. The first-order valence-electron chi connectivity index (χ1n) is 6.02. The van der Waals surface area contributed by atoms with Crippen molar-refractivity contribution < 1.29 is 9.59 Å². The Morgan fingerprint density at radius 3 is 2.60 bits per heavy atom. The third-order valence-corrected chi connectivity index (χ3v) is 4.01. The van der Waals surface area contributed by atoms with E-state index < -0.39 is 0 Å². The highest BCUT2D eigenvalue weighted by Crippen LogP contribution is 2.50. The summed E-state index contributed by atoms with van der Waals surface area (Å²) in [5, 5.41) is 2.49. The van der Waals surface area contributed by atoms with E-state index in [4.69, 9.17) is 0 Å².